The van der Waals surface area contributed by atoms with Crippen LogP contribution >= 0.6 is 11.3 Å². The van der Waals surface area contributed by atoms with Crippen LogP contribution < -0.4 is 5.32 Å². The Labute approximate surface area is 166 Å². The fourth-order valence-electron chi connectivity index (χ4n) is 4.12. The molecule has 2 aromatic carbocycles. The van der Waals surface area contributed by atoms with E-state index in [0.717, 1.165) is 58.6 Å². The summed E-state index contributed by atoms with van der Waals surface area (Å²) in [7, 11) is 0. The molecular formula is C23H18N2O2S. The highest BCUT2D eigenvalue weighted by Crippen LogP contribution is 2.38. The van der Waals surface area contributed by atoms with E-state index in [2.05, 4.69) is 23.5 Å². The highest BCUT2D eigenvalue weighted by molar-refractivity contribution is 7.16. The van der Waals surface area contributed by atoms with Crippen molar-refractivity contribution in [3.63, 3.8) is 0 Å². The number of nitrogens with one attached hydrogen (secondary N) is 1. The maximum absolute atomic E-state index is 12.8. The third-order valence-corrected chi connectivity index (χ3v) is 6.63. The molecule has 0 saturated carbocycles. The molecule has 0 radical (unpaired) electrons. The molecule has 0 bridgehead atoms. The highest BCUT2D eigenvalue weighted by atomic mass is 32.1. The van der Waals surface area contributed by atoms with Crippen LogP contribution in [0.1, 0.15) is 34.4 Å². The molecule has 5 rings (SSSR count). The highest BCUT2D eigenvalue weighted by Gasteiger charge is 2.22. The number of aryl methyl sites for hydroxylation is 1. The van der Waals surface area contributed by atoms with Crippen molar-refractivity contribution in [3.05, 3.63) is 64.2 Å². The molecule has 0 atom stereocenters. The van der Waals surface area contributed by atoms with Crippen LogP contribution in [0.25, 0.3) is 21.7 Å². The summed E-state index contributed by atoms with van der Waals surface area (Å²) in [5.41, 5.74) is 3.43. The van der Waals surface area contributed by atoms with Crippen LogP contribution in [0.15, 0.2) is 47.1 Å². The Balaban J connectivity index is 1.46. The fraction of sp³-hybridized carbons (Fsp3) is 0.217. The van der Waals surface area contributed by atoms with Gasteiger partial charge in [-0.1, -0.05) is 30.3 Å². The molecular weight excluding hydrogens is 368 g/mol. The molecule has 1 N–H and O–H groups in total. The van der Waals surface area contributed by atoms with Crippen LogP contribution in [0.4, 0.5) is 5.00 Å². The second kappa shape index (κ2) is 6.81. The summed E-state index contributed by atoms with van der Waals surface area (Å²) >= 11 is 1.56. The molecule has 1 aliphatic carbocycles. The lowest BCUT2D eigenvalue weighted by molar-refractivity contribution is -0.115. The first-order valence-electron chi connectivity index (χ1n) is 9.47. The van der Waals surface area contributed by atoms with E-state index >= 15 is 0 Å². The zero-order chi connectivity index (χ0) is 19.1. The van der Waals surface area contributed by atoms with Gasteiger partial charge >= 0.3 is 0 Å². The molecule has 0 spiro atoms. The van der Waals surface area contributed by atoms with Crippen molar-refractivity contribution in [2.45, 2.75) is 32.1 Å². The zero-order valence-electron chi connectivity index (χ0n) is 15.2. The predicted octanol–water partition coefficient (Wildman–Crippen LogP) is 5.58. The minimum absolute atomic E-state index is 0.120. The Hall–Kier alpha value is -3.10. The van der Waals surface area contributed by atoms with Crippen LogP contribution in [0.2, 0.25) is 0 Å². The van der Waals surface area contributed by atoms with Crippen LogP contribution in [0.3, 0.4) is 0 Å². The van der Waals surface area contributed by atoms with E-state index in [-0.39, 0.29) is 12.3 Å². The van der Waals surface area contributed by atoms with E-state index in [1.807, 2.05) is 24.3 Å². The monoisotopic (exact) mass is 386 g/mol. The molecule has 4 aromatic rings. The standard InChI is InChI=1S/C23H18N2O2S/c24-12-18-17-7-3-4-8-20(17)28-23(18)25-21(26)11-15-13-27-19-10-9-14-5-1-2-6-16(14)22(15)19/h1-2,5-6,9-10,13H,3-4,7-8,11H2,(H,25,26). The van der Waals surface area contributed by atoms with E-state index < -0.39 is 0 Å². The summed E-state index contributed by atoms with van der Waals surface area (Å²) in [5, 5.41) is 16.5. The normalized spacial score (nSPS) is 13.4. The molecule has 138 valence electrons. The third-order valence-electron chi connectivity index (χ3n) is 5.43. The average Bonchev–Trinajstić information content (AvgIpc) is 3.28. The van der Waals surface area contributed by atoms with Crippen molar-refractivity contribution in [2.24, 2.45) is 0 Å². The minimum Gasteiger partial charge on any atom is -0.464 e. The van der Waals surface area contributed by atoms with E-state index in [1.54, 1.807) is 17.6 Å². The topological polar surface area (TPSA) is 66.0 Å². The third kappa shape index (κ3) is 2.78. The van der Waals surface area contributed by atoms with Gasteiger partial charge < -0.3 is 9.73 Å². The molecule has 1 aliphatic rings. The van der Waals surface area contributed by atoms with Gasteiger partial charge in [0.1, 0.15) is 16.7 Å². The number of hydrogen-bond acceptors (Lipinski definition) is 4. The Morgan fingerprint density at radius 3 is 2.93 bits per heavy atom. The van der Waals surface area contributed by atoms with Crippen LogP contribution in [0.5, 0.6) is 0 Å². The van der Waals surface area contributed by atoms with Gasteiger partial charge in [0, 0.05) is 15.8 Å². The van der Waals surface area contributed by atoms with Gasteiger partial charge in [0.15, 0.2) is 0 Å². The molecule has 0 aliphatic heterocycles. The van der Waals surface area contributed by atoms with Gasteiger partial charge in [0.05, 0.1) is 18.2 Å². The second-order valence-electron chi connectivity index (χ2n) is 7.17. The molecule has 5 heteroatoms. The summed E-state index contributed by atoms with van der Waals surface area (Å²) in [5.74, 6) is -0.120. The number of nitrogens with zero attached hydrogens (tertiary/aromatic N) is 1. The van der Waals surface area contributed by atoms with E-state index in [4.69, 9.17) is 4.42 Å². The van der Waals surface area contributed by atoms with Crippen LogP contribution in [-0.2, 0) is 24.1 Å². The number of amides is 1. The molecule has 4 nitrogen and oxygen atoms in total. The molecule has 2 heterocycles. The molecule has 2 aromatic heterocycles. The van der Waals surface area contributed by atoms with Crippen LogP contribution in [-0.4, -0.2) is 5.91 Å². The largest absolute Gasteiger partial charge is 0.464 e. The SMILES string of the molecule is N#Cc1c(NC(=O)Cc2coc3ccc4ccccc4c23)sc2c1CCCC2. The molecule has 1 amide bonds. The van der Waals surface area contributed by atoms with Gasteiger partial charge in [0.25, 0.3) is 0 Å². The Morgan fingerprint density at radius 2 is 2.04 bits per heavy atom. The second-order valence-corrected chi connectivity index (χ2v) is 8.28. The fourth-order valence-corrected chi connectivity index (χ4v) is 5.38. The number of nitriles is 1. The van der Waals surface area contributed by atoms with Crippen molar-refractivity contribution >= 4 is 44.0 Å². The molecule has 28 heavy (non-hydrogen) atoms. The lowest BCUT2D eigenvalue weighted by Crippen LogP contribution is -2.14. The van der Waals surface area contributed by atoms with Gasteiger partial charge in [0.2, 0.25) is 5.91 Å². The number of rotatable bonds is 3. The first kappa shape index (κ1) is 17.0. The maximum atomic E-state index is 12.8. The summed E-state index contributed by atoms with van der Waals surface area (Å²) in [4.78, 5) is 14.0. The Kier molecular flexibility index (Phi) is 4.14. The number of hydrogen-bond donors (Lipinski definition) is 1. The lowest BCUT2D eigenvalue weighted by Gasteiger charge is -2.09. The summed E-state index contributed by atoms with van der Waals surface area (Å²) in [6, 6.07) is 14.4. The van der Waals surface area contributed by atoms with Gasteiger partial charge in [-0.15, -0.1) is 11.3 Å². The summed E-state index contributed by atoms with van der Waals surface area (Å²) < 4.78 is 5.69. The zero-order valence-corrected chi connectivity index (χ0v) is 16.1. The van der Waals surface area contributed by atoms with Gasteiger partial charge in [-0.05, 0) is 48.1 Å². The van der Waals surface area contributed by atoms with E-state index in [0.29, 0.717) is 10.6 Å². The van der Waals surface area contributed by atoms with Crippen molar-refractivity contribution in [1.29, 1.82) is 5.26 Å². The van der Waals surface area contributed by atoms with Crippen molar-refractivity contribution in [2.75, 3.05) is 5.32 Å². The Morgan fingerprint density at radius 1 is 1.18 bits per heavy atom. The molecule has 0 fully saturated rings. The average molecular weight is 386 g/mol. The molecule has 0 saturated heterocycles. The van der Waals surface area contributed by atoms with Gasteiger partial charge in [-0.2, -0.15) is 5.26 Å². The van der Waals surface area contributed by atoms with Gasteiger partial charge in [-0.3, -0.25) is 4.79 Å². The van der Waals surface area contributed by atoms with Crippen molar-refractivity contribution < 1.29 is 9.21 Å². The maximum Gasteiger partial charge on any atom is 0.229 e. The predicted molar refractivity (Wildman–Crippen MR) is 112 cm³/mol. The molecule has 0 unspecified atom stereocenters. The van der Waals surface area contributed by atoms with Crippen molar-refractivity contribution in [1.82, 2.24) is 0 Å². The first-order valence-corrected chi connectivity index (χ1v) is 10.3. The smallest absolute Gasteiger partial charge is 0.229 e. The summed E-state index contributed by atoms with van der Waals surface area (Å²) in [6.45, 7) is 0. The summed E-state index contributed by atoms with van der Waals surface area (Å²) in [6.07, 6.45) is 6.08. The quantitative estimate of drug-likeness (QED) is 0.500. The number of anilines is 1. The van der Waals surface area contributed by atoms with E-state index in [1.165, 1.54) is 4.88 Å². The number of furan rings is 1. The number of carbonyl (C=O) groups excluding carboxylic acids is 1. The first-order chi connectivity index (χ1) is 13.7. The minimum atomic E-state index is -0.120. The van der Waals surface area contributed by atoms with Crippen LogP contribution in [0, 0.1) is 11.3 Å². The number of thiophene rings is 1. The lowest BCUT2D eigenvalue weighted by atomic mass is 9.96. The Bertz CT molecular complexity index is 1260. The number of carbonyl (C=O) groups is 1. The number of benzene rings is 2. The van der Waals surface area contributed by atoms with Crippen molar-refractivity contribution in [3.8, 4) is 6.07 Å². The van der Waals surface area contributed by atoms with E-state index in [9.17, 15) is 10.1 Å². The van der Waals surface area contributed by atoms with Gasteiger partial charge in [-0.25, -0.2) is 0 Å². The number of fused-ring (bicyclic) bond motifs is 4.